The molecular formula is C16H17N3S. The van der Waals surface area contributed by atoms with Crippen molar-refractivity contribution in [2.75, 3.05) is 0 Å². The Labute approximate surface area is 122 Å². The predicted molar refractivity (Wildman–Crippen MR) is 84.0 cm³/mol. The van der Waals surface area contributed by atoms with Gasteiger partial charge in [0.15, 0.2) is 0 Å². The molecule has 0 aliphatic carbocycles. The van der Waals surface area contributed by atoms with Crippen LogP contribution in [0.25, 0.3) is 10.9 Å². The van der Waals surface area contributed by atoms with Gasteiger partial charge in [-0.05, 0) is 31.0 Å². The van der Waals surface area contributed by atoms with Crippen LogP contribution >= 0.6 is 11.3 Å². The maximum Gasteiger partial charge on any atom is 0.0897 e. The molecule has 0 aliphatic heterocycles. The Morgan fingerprint density at radius 2 is 2.05 bits per heavy atom. The molecule has 0 saturated heterocycles. The monoisotopic (exact) mass is 283 g/mol. The highest BCUT2D eigenvalue weighted by atomic mass is 32.1. The van der Waals surface area contributed by atoms with Crippen molar-refractivity contribution in [2.24, 2.45) is 5.73 Å². The Balaban J connectivity index is 1.79. The number of hydrogen-bond donors (Lipinski definition) is 1. The quantitative estimate of drug-likeness (QED) is 0.800. The van der Waals surface area contributed by atoms with E-state index in [9.17, 15) is 0 Å². The van der Waals surface area contributed by atoms with Gasteiger partial charge in [0.2, 0.25) is 0 Å². The van der Waals surface area contributed by atoms with Gasteiger partial charge in [-0.1, -0.05) is 18.2 Å². The second-order valence-electron chi connectivity index (χ2n) is 5.01. The van der Waals surface area contributed by atoms with Crippen molar-refractivity contribution in [2.45, 2.75) is 25.8 Å². The summed E-state index contributed by atoms with van der Waals surface area (Å²) in [6, 6.07) is 10.3. The smallest absolute Gasteiger partial charge is 0.0897 e. The molecule has 4 heteroatoms. The summed E-state index contributed by atoms with van der Waals surface area (Å²) in [7, 11) is 0. The zero-order valence-corrected chi connectivity index (χ0v) is 12.2. The van der Waals surface area contributed by atoms with Crippen LogP contribution < -0.4 is 5.73 Å². The molecule has 0 saturated carbocycles. The van der Waals surface area contributed by atoms with Crippen LogP contribution in [-0.2, 0) is 12.8 Å². The van der Waals surface area contributed by atoms with Gasteiger partial charge in [-0.2, -0.15) is 0 Å². The van der Waals surface area contributed by atoms with Crippen molar-refractivity contribution in [3.05, 3.63) is 58.2 Å². The Hall–Kier alpha value is -1.78. The third-order valence-corrected chi connectivity index (χ3v) is 4.18. The number of aryl methyl sites for hydroxylation is 1. The summed E-state index contributed by atoms with van der Waals surface area (Å²) in [6.07, 6.45) is 3.53. The van der Waals surface area contributed by atoms with Gasteiger partial charge in [0.1, 0.15) is 0 Å². The molecule has 3 aromatic rings. The molecule has 0 fully saturated rings. The summed E-state index contributed by atoms with van der Waals surface area (Å²) >= 11 is 1.68. The molecule has 2 N–H and O–H groups in total. The van der Waals surface area contributed by atoms with E-state index in [0.29, 0.717) is 0 Å². The summed E-state index contributed by atoms with van der Waals surface area (Å²) in [5, 5.41) is 4.39. The van der Waals surface area contributed by atoms with Crippen LogP contribution in [0.3, 0.4) is 0 Å². The lowest BCUT2D eigenvalue weighted by molar-refractivity contribution is 0.658. The Kier molecular flexibility index (Phi) is 3.76. The standard InChI is InChI=1S/C16H17N3S/c1-11-19-14(10-20-11)9-13(17)8-12-6-7-18-16-5-3-2-4-15(12)16/h2-7,10,13H,8-9,17H2,1H3. The van der Waals surface area contributed by atoms with Gasteiger partial charge in [-0.3, -0.25) is 4.98 Å². The highest BCUT2D eigenvalue weighted by Gasteiger charge is 2.10. The summed E-state index contributed by atoms with van der Waals surface area (Å²) in [5.41, 5.74) is 9.67. The fourth-order valence-electron chi connectivity index (χ4n) is 2.46. The van der Waals surface area contributed by atoms with E-state index in [1.165, 1.54) is 10.9 Å². The number of rotatable bonds is 4. The highest BCUT2D eigenvalue weighted by molar-refractivity contribution is 7.09. The lowest BCUT2D eigenvalue weighted by atomic mass is 10.00. The third kappa shape index (κ3) is 2.86. The average Bonchev–Trinajstić information content (AvgIpc) is 2.84. The molecule has 2 aromatic heterocycles. The molecule has 3 nitrogen and oxygen atoms in total. The number of para-hydroxylation sites is 1. The van der Waals surface area contributed by atoms with Crippen LogP contribution in [0, 0.1) is 6.92 Å². The lowest BCUT2D eigenvalue weighted by Crippen LogP contribution is -2.25. The van der Waals surface area contributed by atoms with Gasteiger partial charge in [0.25, 0.3) is 0 Å². The number of nitrogens with zero attached hydrogens (tertiary/aromatic N) is 2. The molecule has 1 unspecified atom stereocenters. The van der Waals surface area contributed by atoms with Crippen LogP contribution in [0.4, 0.5) is 0 Å². The summed E-state index contributed by atoms with van der Waals surface area (Å²) in [6.45, 7) is 2.02. The number of fused-ring (bicyclic) bond motifs is 1. The minimum Gasteiger partial charge on any atom is -0.327 e. The Morgan fingerprint density at radius 3 is 2.85 bits per heavy atom. The van der Waals surface area contributed by atoms with Crippen LogP contribution in [0.5, 0.6) is 0 Å². The third-order valence-electron chi connectivity index (χ3n) is 3.36. The van der Waals surface area contributed by atoms with Crippen molar-refractivity contribution in [1.29, 1.82) is 0 Å². The molecule has 102 valence electrons. The van der Waals surface area contributed by atoms with E-state index in [0.717, 1.165) is 29.1 Å². The average molecular weight is 283 g/mol. The van der Waals surface area contributed by atoms with Crippen LogP contribution in [0.2, 0.25) is 0 Å². The first kappa shape index (κ1) is 13.2. The van der Waals surface area contributed by atoms with E-state index in [1.807, 2.05) is 31.3 Å². The number of hydrogen-bond acceptors (Lipinski definition) is 4. The number of aromatic nitrogens is 2. The van der Waals surface area contributed by atoms with Gasteiger partial charge in [0, 0.05) is 29.4 Å². The van der Waals surface area contributed by atoms with E-state index in [2.05, 4.69) is 27.5 Å². The summed E-state index contributed by atoms with van der Waals surface area (Å²) in [5.74, 6) is 0. The van der Waals surface area contributed by atoms with Crippen LogP contribution in [0.1, 0.15) is 16.3 Å². The first-order valence-electron chi connectivity index (χ1n) is 6.71. The van der Waals surface area contributed by atoms with E-state index in [1.54, 1.807) is 11.3 Å². The largest absolute Gasteiger partial charge is 0.327 e. The van der Waals surface area contributed by atoms with Gasteiger partial charge < -0.3 is 5.73 Å². The number of benzene rings is 1. The molecule has 3 rings (SSSR count). The molecule has 0 bridgehead atoms. The summed E-state index contributed by atoms with van der Waals surface area (Å²) < 4.78 is 0. The van der Waals surface area contributed by atoms with E-state index in [-0.39, 0.29) is 6.04 Å². The first-order chi connectivity index (χ1) is 9.72. The number of pyridine rings is 1. The SMILES string of the molecule is Cc1nc(CC(N)Cc2ccnc3ccccc23)cs1. The Bertz CT molecular complexity index is 715. The normalized spacial score (nSPS) is 12.7. The van der Waals surface area contributed by atoms with Gasteiger partial charge in [0.05, 0.1) is 16.2 Å². The molecular weight excluding hydrogens is 266 g/mol. The highest BCUT2D eigenvalue weighted by Crippen LogP contribution is 2.18. The Morgan fingerprint density at radius 1 is 1.20 bits per heavy atom. The van der Waals surface area contributed by atoms with Crippen molar-refractivity contribution in [3.63, 3.8) is 0 Å². The van der Waals surface area contributed by atoms with E-state index < -0.39 is 0 Å². The molecule has 20 heavy (non-hydrogen) atoms. The van der Waals surface area contributed by atoms with Gasteiger partial charge in [-0.25, -0.2) is 4.98 Å². The number of thiazole rings is 1. The molecule has 0 amide bonds. The molecule has 0 radical (unpaired) electrons. The first-order valence-corrected chi connectivity index (χ1v) is 7.59. The van der Waals surface area contributed by atoms with Gasteiger partial charge in [-0.15, -0.1) is 11.3 Å². The zero-order chi connectivity index (χ0) is 13.9. The van der Waals surface area contributed by atoms with Crippen molar-refractivity contribution < 1.29 is 0 Å². The van der Waals surface area contributed by atoms with Crippen molar-refractivity contribution in [3.8, 4) is 0 Å². The van der Waals surface area contributed by atoms with Crippen LogP contribution in [0.15, 0.2) is 41.9 Å². The molecule has 2 heterocycles. The fourth-order valence-corrected chi connectivity index (χ4v) is 3.08. The maximum absolute atomic E-state index is 6.28. The number of nitrogens with two attached hydrogens (primary N) is 1. The second kappa shape index (κ2) is 5.69. The fraction of sp³-hybridized carbons (Fsp3) is 0.250. The van der Waals surface area contributed by atoms with Crippen LogP contribution in [-0.4, -0.2) is 16.0 Å². The predicted octanol–water partition coefficient (Wildman–Crippen LogP) is 3.11. The summed E-state index contributed by atoms with van der Waals surface area (Å²) in [4.78, 5) is 8.87. The zero-order valence-electron chi connectivity index (χ0n) is 11.4. The second-order valence-corrected chi connectivity index (χ2v) is 6.08. The molecule has 0 aliphatic rings. The van der Waals surface area contributed by atoms with E-state index >= 15 is 0 Å². The minimum atomic E-state index is 0.0855. The minimum absolute atomic E-state index is 0.0855. The topological polar surface area (TPSA) is 51.8 Å². The van der Waals surface area contributed by atoms with Crippen molar-refractivity contribution in [1.82, 2.24) is 9.97 Å². The molecule has 1 aromatic carbocycles. The van der Waals surface area contributed by atoms with Gasteiger partial charge >= 0.3 is 0 Å². The molecule has 0 spiro atoms. The maximum atomic E-state index is 6.28. The van der Waals surface area contributed by atoms with Crippen molar-refractivity contribution >= 4 is 22.2 Å². The lowest BCUT2D eigenvalue weighted by Gasteiger charge is -2.12. The van der Waals surface area contributed by atoms with E-state index in [4.69, 9.17) is 5.73 Å². The molecule has 1 atom stereocenters.